The minimum Gasteiger partial charge on any atom is -0.492 e. The summed E-state index contributed by atoms with van der Waals surface area (Å²) in [5, 5.41) is 0.556. The number of aryl methyl sites for hydroxylation is 1. The predicted molar refractivity (Wildman–Crippen MR) is 123 cm³/mol. The van der Waals surface area contributed by atoms with Crippen LogP contribution in [0.25, 0.3) is 0 Å². The second-order valence-electron chi connectivity index (χ2n) is 7.95. The number of rotatable bonds is 8. The molecule has 4 rings (SSSR count). The minimum atomic E-state index is -3.17. The number of sulfonamides is 1. The van der Waals surface area contributed by atoms with E-state index in [1.165, 1.54) is 11.1 Å². The lowest BCUT2D eigenvalue weighted by Crippen LogP contribution is -2.34. The molecule has 30 heavy (non-hydrogen) atoms. The number of halogens is 2. The maximum absolute atomic E-state index is 11.9. The molecular weight excluding hydrogens is 443 g/mol. The van der Waals surface area contributed by atoms with Crippen LogP contribution in [0.1, 0.15) is 41.9 Å². The van der Waals surface area contributed by atoms with Crippen molar-refractivity contribution in [3.8, 4) is 5.75 Å². The highest BCUT2D eigenvalue weighted by atomic mass is 35.5. The van der Waals surface area contributed by atoms with Crippen LogP contribution in [-0.2, 0) is 22.9 Å². The van der Waals surface area contributed by atoms with Crippen LogP contribution in [0, 0.1) is 0 Å². The van der Waals surface area contributed by atoms with E-state index in [0.29, 0.717) is 6.61 Å². The van der Waals surface area contributed by atoms with Crippen molar-refractivity contribution < 1.29 is 13.2 Å². The smallest absolute Gasteiger partial charge is 0.214 e. The van der Waals surface area contributed by atoms with E-state index in [-0.39, 0.29) is 36.2 Å². The van der Waals surface area contributed by atoms with Gasteiger partial charge >= 0.3 is 0 Å². The van der Waals surface area contributed by atoms with Crippen LogP contribution in [-0.4, -0.2) is 32.9 Å². The highest BCUT2D eigenvalue weighted by Crippen LogP contribution is 2.37. The fraction of sp³-hybridized carbons (Fsp3) is 0.455. The fourth-order valence-electron chi connectivity index (χ4n) is 4.00. The average molecular weight is 471 g/mol. The lowest BCUT2D eigenvalue weighted by molar-refractivity contribution is 0.321. The number of benzene rings is 2. The van der Waals surface area contributed by atoms with E-state index in [9.17, 15) is 8.42 Å². The van der Waals surface area contributed by atoms with Crippen LogP contribution in [0.15, 0.2) is 42.5 Å². The maximum atomic E-state index is 11.9. The fourth-order valence-corrected chi connectivity index (χ4v) is 5.57. The Morgan fingerprint density at radius 3 is 2.63 bits per heavy atom. The van der Waals surface area contributed by atoms with E-state index in [1.54, 1.807) is 0 Å². The third-order valence-electron chi connectivity index (χ3n) is 5.82. The summed E-state index contributed by atoms with van der Waals surface area (Å²) in [5.41, 5.74) is 10.1. The first kappa shape index (κ1) is 23.4. The summed E-state index contributed by atoms with van der Waals surface area (Å²) in [7, 11) is -3.17. The third-order valence-corrected chi connectivity index (χ3v) is 8.14. The quantitative estimate of drug-likeness (QED) is 0.574. The SMILES string of the molecule is Cl.NC1CCc2ccc(OCCNS(=O)(=O)C3CC3)cc2C1Cc1ccccc1Cl. The molecule has 3 N–H and O–H groups in total. The maximum Gasteiger partial charge on any atom is 0.214 e. The number of hydrogen-bond acceptors (Lipinski definition) is 4. The van der Waals surface area contributed by atoms with Crippen molar-refractivity contribution in [2.45, 2.75) is 49.3 Å². The minimum absolute atomic E-state index is 0. The summed E-state index contributed by atoms with van der Waals surface area (Å²) in [6.07, 6.45) is 4.21. The van der Waals surface area contributed by atoms with Crippen molar-refractivity contribution in [3.63, 3.8) is 0 Å². The number of nitrogens with two attached hydrogens (primary N) is 1. The van der Waals surface area contributed by atoms with E-state index >= 15 is 0 Å². The van der Waals surface area contributed by atoms with Crippen molar-refractivity contribution in [3.05, 3.63) is 64.2 Å². The lowest BCUT2D eigenvalue weighted by Gasteiger charge is -2.32. The van der Waals surface area contributed by atoms with Crippen molar-refractivity contribution in [1.29, 1.82) is 0 Å². The Bertz CT molecular complexity index is 980. The molecule has 2 aliphatic rings. The van der Waals surface area contributed by atoms with Crippen molar-refractivity contribution in [1.82, 2.24) is 4.72 Å². The standard InChI is InChI=1S/C22H27ClN2O3S.ClH/c23-21-4-2-1-3-16(21)13-20-19-14-17(7-5-15(19)6-10-22(20)24)28-12-11-25-29(26,27)18-8-9-18;/h1-5,7,14,18,20,22,25H,6,8-13,24H2;1H. The Morgan fingerprint density at radius 2 is 1.90 bits per heavy atom. The van der Waals surface area contributed by atoms with Gasteiger partial charge in [0.05, 0.1) is 5.25 Å². The van der Waals surface area contributed by atoms with Gasteiger partial charge in [0.25, 0.3) is 0 Å². The summed E-state index contributed by atoms with van der Waals surface area (Å²) >= 11 is 6.38. The van der Waals surface area contributed by atoms with Crippen LogP contribution >= 0.6 is 24.0 Å². The molecule has 2 atom stereocenters. The summed E-state index contributed by atoms with van der Waals surface area (Å²) in [6, 6.07) is 14.1. The molecule has 0 amide bonds. The summed E-state index contributed by atoms with van der Waals surface area (Å²) < 4.78 is 32.2. The highest BCUT2D eigenvalue weighted by Gasteiger charge is 2.35. The zero-order valence-corrected chi connectivity index (χ0v) is 19.1. The van der Waals surface area contributed by atoms with Crippen LogP contribution in [0.3, 0.4) is 0 Å². The summed E-state index contributed by atoms with van der Waals surface area (Å²) in [4.78, 5) is 0. The first-order chi connectivity index (χ1) is 13.9. The largest absolute Gasteiger partial charge is 0.492 e. The molecule has 2 aliphatic carbocycles. The van der Waals surface area contributed by atoms with Crippen molar-refractivity contribution in [2.24, 2.45) is 5.73 Å². The molecule has 2 unspecified atom stereocenters. The van der Waals surface area contributed by atoms with Crippen molar-refractivity contribution >= 4 is 34.0 Å². The van der Waals surface area contributed by atoms with Gasteiger partial charge in [0, 0.05) is 23.5 Å². The van der Waals surface area contributed by atoms with E-state index in [2.05, 4.69) is 22.9 Å². The van der Waals surface area contributed by atoms with Crippen molar-refractivity contribution in [2.75, 3.05) is 13.2 Å². The van der Waals surface area contributed by atoms with E-state index in [4.69, 9.17) is 22.1 Å². The molecule has 0 saturated heterocycles. The molecule has 0 bridgehead atoms. The van der Waals surface area contributed by atoms with Gasteiger partial charge in [-0.2, -0.15) is 0 Å². The van der Waals surface area contributed by atoms with E-state index < -0.39 is 10.0 Å². The number of hydrogen-bond donors (Lipinski definition) is 2. The molecule has 2 aromatic carbocycles. The number of ether oxygens (including phenoxy) is 1. The average Bonchev–Trinajstić information content (AvgIpc) is 3.55. The van der Waals surface area contributed by atoms with Crippen LogP contribution < -0.4 is 15.2 Å². The van der Waals surface area contributed by atoms with Crippen LogP contribution in [0.2, 0.25) is 5.02 Å². The molecule has 5 nitrogen and oxygen atoms in total. The molecule has 0 aliphatic heterocycles. The van der Waals surface area contributed by atoms with E-state index in [1.807, 2.05) is 24.3 Å². The van der Waals surface area contributed by atoms with Gasteiger partial charge in [-0.3, -0.25) is 0 Å². The van der Waals surface area contributed by atoms with Crippen LogP contribution in [0.5, 0.6) is 5.75 Å². The van der Waals surface area contributed by atoms with Gasteiger partial charge in [-0.1, -0.05) is 35.9 Å². The Hall–Kier alpha value is -1.31. The van der Waals surface area contributed by atoms with Gasteiger partial charge < -0.3 is 10.5 Å². The Kier molecular flexibility index (Phi) is 7.69. The van der Waals surface area contributed by atoms with Gasteiger partial charge in [0.15, 0.2) is 0 Å². The highest BCUT2D eigenvalue weighted by molar-refractivity contribution is 7.90. The zero-order chi connectivity index (χ0) is 20.4. The Labute approximate surface area is 189 Å². The first-order valence-corrected chi connectivity index (χ1v) is 12.1. The molecule has 164 valence electrons. The lowest BCUT2D eigenvalue weighted by atomic mass is 9.76. The second-order valence-corrected chi connectivity index (χ2v) is 10.4. The van der Waals surface area contributed by atoms with Gasteiger partial charge in [-0.05, 0) is 67.0 Å². The molecule has 2 aromatic rings. The molecule has 8 heteroatoms. The normalized spacial score (nSPS) is 20.9. The first-order valence-electron chi connectivity index (χ1n) is 10.2. The predicted octanol–water partition coefficient (Wildman–Crippen LogP) is 3.82. The molecule has 1 saturated carbocycles. The van der Waals surface area contributed by atoms with Crippen LogP contribution in [0.4, 0.5) is 0 Å². The molecule has 0 aromatic heterocycles. The molecule has 0 spiro atoms. The van der Waals surface area contributed by atoms with Gasteiger partial charge in [-0.25, -0.2) is 13.1 Å². The second kappa shape index (κ2) is 9.88. The molecular formula is C22H28Cl2N2O3S. The third kappa shape index (κ3) is 5.48. The summed E-state index contributed by atoms with van der Waals surface area (Å²) in [6.45, 7) is 0.574. The zero-order valence-electron chi connectivity index (χ0n) is 16.7. The number of nitrogens with one attached hydrogen (secondary N) is 1. The topological polar surface area (TPSA) is 81.4 Å². The summed E-state index contributed by atoms with van der Waals surface area (Å²) in [5.74, 6) is 0.920. The molecule has 0 heterocycles. The number of fused-ring (bicyclic) bond motifs is 1. The van der Waals surface area contributed by atoms with Gasteiger partial charge in [-0.15, -0.1) is 12.4 Å². The van der Waals surface area contributed by atoms with Gasteiger partial charge in [0.1, 0.15) is 12.4 Å². The Balaban J connectivity index is 0.00000256. The molecule has 0 radical (unpaired) electrons. The monoisotopic (exact) mass is 470 g/mol. The Morgan fingerprint density at radius 1 is 1.13 bits per heavy atom. The van der Waals surface area contributed by atoms with E-state index in [0.717, 1.165) is 48.4 Å². The molecule has 1 fully saturated rings. The van der Waals surface area contributed by atoms with Gasteiger partial charge in [0.2, 0.25) is 10.0 Å².